The van der Waals surface area contributed by atoms with Gasteiger partial charge >= 0.3 is 0 Å². The average Bonchev–Trinajstić information content (AvgIpc) is 2.74. The molecule has 4 unspecified atom stereocenters. The molecule has 0 aromatic rings. The van der Waals surface area contributed by atoms with Crippen LogP contribution in [0.3, 0.4) is 0 Å². The highest BCUT2D eigenvalue weighted by Crippen LogP contribution is 2.27. The van der Waals surface area contributed by atoms with Gasteiger partial charge in [-0.1, -0.05) is 13.8 Å². The quantitative estimate of drug-likeness (QED) is 0.783. The van der Waals surface area contributed by atoms with Crippen LogP contribution in [0.1, 0.15) is 33.1 Å². The molecule has 2 heterocycles. The number of ether oxygens (including phenoxy) is 1. The normalized spacial score (nSPS) is 38.4. The van der Waals surface area contributed by atoms with Gasteiger partial charge in [0.15, 0.2) is 0 Å². The maximum Gasteiger partial charge on any atom is 0.252 e. The Hall–Kier alpha value is -0.610. The van der Waals surface area contributed by atoms with E-state index in [1.54, 1.807) is 0 Å². The first kappa shape index (κ1) is 12.8. The summed E-state index contributed by atoms with van der Waals surface area (Å²) in [6.07, 6.45) is 2.89. The maximum atomic E-state index is 12.4. The number of hydrogen-bond donors (Lipinski definition) is 1. The van der Waals surface area contributed by atoms with Crippen molar-refractivity contribution in [3.05, 3.63) is 0 Å². The van der Waals surface area contributed by atoms with Gasteiger partial charge in [-0.15, -0.1) is 0 Å². The monoisotopic (exact) mass is 240 g/mol. The molecule has 4 atom stereocenters. The Balaban J connectivity index is 2.02. The Kier molecular flexibility index (Phi) is 4.05. The van der Waals surface area contributed by atoms with Gasteiger partial charge in [-0.2, -0.15) is 0 Å². The average molecular weight is 240 g/mol. The summed E-state index contributed by atoms with van der Waals surface area (Å²) in [4.78, 5) is 14.4. The lowest BCUT2D eigenvalue weighted by molar-refractivity contribution is -0.146. The second-order valence-corrected chi connectivity index (χ2v) is 5.61. The van der Waals surface area contributed by atoms with Crippen molar-refractivity contribution >= 4 is 5.91 Å². The van der Waals surface area contributed by atoms with Crippen LogP contribution in [0.4, 0.5) is 0 Å². The summed E-state index contributed by atoms with van der Waals surface area (Å²) in [6.45, 7) is 6.46. The number of piperidine rings is 1. The minimum absolute atomic E-state index is 0.164. The summed E-state index contributed by atoms with van der Waals surface area (Å²) in [5, 5.41) is 0. The standard InChI is InChI=1S/C13H24N2O2/c1-9-3-5-15(11(7-9)8-14)13(16)12-10(2)4-6-17-12/h9-12H,3-8,14H2,1-2H3. The molecule has 4 heteroatoms. The Morgan fingerprint density at radius 3 is 2.76 bits per heavy atom. The van der Waals surface area contributed by atoms with Gasteiger partial charge in [-0.05, 0) is 31.1 Å². The molecule has 0 radical (unpaired) electrons. The minimum atomic E-state index is -0.225. The molecular weight excluding hydrogens is 216 g/mol. The largest absolute Gasteiger partial charge is 0.368 e. The number of nitrogens with two attached hydrogens (primary N) is 1. The lowest BCUT2D eigenvalue weighted by Gasteiger charge is -2.39. The summed E-state index contributed by atoms with van der Waals surface area (Å²) in [5.41, 5.74) is 5.79. The topological polar surface area (TPSA) is 55.6 Å². The van der Waals surface area contributed by atoms with E-state index < -0.39 is 0 Å². The SMILES string of the molecule is CC1CCN(C(=O)C2OCCC2C)C(CN)C1. The number of carbonyl (C=O) groups is 1. The Bertz CT molecular complexity index is 283. The van der Waals surface area contributed by atoms with E-state index in [9.17, 15) is 4.79 Å². The predicted molar refractivity (Wildman–Crippen MR) is 66.5 cm³/mol. The smallest absolute Gasteiger partial charge is 0.252 e. The maximum absolute atomic E-state index is 12.4. The lowest BCUT2D eigenvalue weighted by atomic mass is 9.91. The molecule has 0 spiro atoms. The second-order valence-electron chi connectivity index (χ2n) is 5.61. The van der Waals surface area contributed by atoms with E-state index in [0.717, 1.165) is 32.4 Å². The molecule has 2 saturated heterocycles. The van der Waals surface area contributed by atoms with E-state index in [4.69, 9.17) is 10.5 Å². The molecule has 2 N–H and O–H groups in total. The summed E-state index contributed by atoms with van der Waals surface area (Å²) in [5.74, 6) is 1.19. The van der Waals surface area contributed by atoms with Gasteiger partial charge in [-0.25, -0.2) is 0 Å². The highest BCUT2D eigenvalue weighted by molar-refractivity contribution is 5.82. The molecule has 2 rings (SSSR count). The predicted octanol–water partition coefficient (Wildman–Crippen LogP) is 0.997. The first-order valence-electron chi connectivity index (χ1n) is 6.75. The first-order valence-corrected chi connectivity index (χ1v) is 6.75. The van der Waals surface area contributed by atoms with Gasteiger partial charge in [0, 0.05) is 25.7 Å². The molecular formula is C13H24N2O2. The number of amides is 1. The summed E-state index contributed by atoms with van der Waals surface area (Å²) in [7, 11) is 0. The van der Waals surface area contributed by atoms with Gasteiger partial charge in [0.25, 0.3) is 5.91 Å². The lowest BCUT2D eigenvalue weighted by Crippen LogP contribution is -2.53. The van der Waals surface area contributed by atoms with Crippen molar-refractivity contribution in [3.8, 4) is 0 Å². The number of nitrogens with zero attached hydrogens (tertiary/aromatic N) is 1. The third-order valence-electron chi connectivity index (χ3n) is 4.16. The van der Waals surface area contributed by atoms with Crippen LogP contribution in [0.2, 0.25) is 0 Å². The number of hydrogen-bond acceptors (Lipinski definition) is 3. The van der Waals surface area contributed by atoms with Crippen molar-refractivity contribution in [2.45, 2.75) is 45.3 Å². The fourth-order valence-electron chi connectivity index (χ4n) is 2.94. The third kappa shape index (κ3) is 2.63. The van der Waals surface area contributed by atoms with Gasteiger partial charge in [0.2, 0.25) is 0 Å². The second kappa shape index (κ2) is 5.36. The van der Waals surface area contributed by atoms with Crippen LogP contribution in [0.15, 0.2) is 0 Å². The minimum Gasteiger partial charge on any atom is -0.368 e. The molecule has 0 saturated carbocycles. The molecule has 2 aliphatic rings. The van der Waals surface area contributed by atoms with Crippen LogP contribution in [0.25, 0.3) is 0 Å². The molecule has 1 amide bonds. The van der Waals surface area contributed by atoms with Crippen molar-refractivity contribution in [2.24, 2.45) is 17.6 Å². The highest BCUT2D eigenvalue weighted by Gasteiger charge is 2.38. The fourth-order valence-corrected chi connectivity index (χ4v) is 2.94. The van der Waals surface area contributed by atoms with E-state index in [1.807, 2.05) is 4.90 Å². The van der Waals surface area contributed by atoms with Crippen molar-refractivity contribution in [2.75, 3.05) is 19.7 Å². The van der Waals surface area contributed by atoms with E-state index >= 15 is 0 Å². The van der Waals surface area contributed by atoms with Crippen LogP contribution in [0, 0.1) is 11.8 Å². The van der Waals surface area contributed by atoms with Crippen LogP contribution < -0.4 is 5.73 Å². The van der Waals surface area contributed by atoms with Crippen LogP contribution in [-0.4, -0.2) is 42.6 Å². The molecule has 0 aromatic carbocycles. The molecule has 2 aliphatic heterocycles. The van der Waals surface area contributed by atoms with Crippen LogP contribution in [0.5, 0.6) is 0 Å². The highest BCUT2D eigenvalue weighted by atomic mass is 16.5. The zero-order valence-corrected chi connectivity index (χ0v) is 10.9. The zero-order valence-electron chi connectivity index (χ0n) is 10.9. The first-order chi connectivity index (χ1) is 8.13. The van der Waals surface area contributed by atoms with Gasteiger partial charge in [0.05, 0.1) is 0 Å². The van der Waals surface area contributed by atoms with E-state index in [1.165, 1.54) is 0 Å². The molecule has 2 fully saturated rings. The molecule has 4 nitrogen and oxygen atoms in total. The Morgan fingerprint density at radius 2 is 2.18 bits per heavy atom. The summed E-state index contributed by atoms with van der Waals surface area (Å²) < 4.78 is 5.57. The molecule has 17 heavy (non-hydrogen) atoms. The molecule has 0 aliphatic carbocycles. The van der Waals surface area contributed by atoms with Crippen molar-refractivity contribution in [1.29, 1.82) is 0 Å². The summed E-state index contributed by atoms with van der Waals surface area (Å²) >= 11 is 0. The van der Waals surface area contributed by atoms with Crippen molar-refractivity contribution < 1.29 is 9.53 Å². The molecule has 0 aromatic heterocycles. The molecule has 0 bridgehead atoms. The summed E-state index contributed by atoms with van der Waals surface area (Å²) in [6, 6.07) is 0.211. The van der Waals surface area contributed by atoms with Crippen molar-refractivity contribution in [1.82, 2.24) is 4.90 Å². The zero-order chi connectivity index (χ0) is 12.4. The number of carbonyl (C=O) groups excluding carboxylic acids is 1. The van der Waals surface area contributed by atoms with Crippen molar-refractivity contribution in [3.63, 3.8) is 0 Å². The third-order valence-corrected chi connectivity index (χ3v) is 4.16. The van der Waals surface area contributed by atoms with Gasteiger partial charge < -0.3 is 15.4 Å². The van der Waals surface area contributed by atoms with E-state index in [0.29, 0.717) is 18.4 Å². The van der Waals surface area contributed by atoms with Crippen LogP contribution >= 0.6 is 0 Å². The Labute approximate surface area is 103 Å². The van der Waals surface area contributed by atoms with Gasteiger partial charge in [0.1, 0.15) is 6.10 Å². The Morgan fingerprint density at radius 1 is 1.41 bits per heavy atom. The fraction of sp³-hybridized carbons (Fsp3) is 0.923. The van der Waals surface area contributed by atoms with E-state index in [-0.39, 0.29) is 18.1 Å². The number of rotatable bonds is 2. The van der Waals surface area contributed by atoms with Crippen LogP contribution in [-0.2, 0) is 9.53 Å². The van der Waals surface area contributed by atoms with E-state index in [2.05, 4.69) is 13.8 Å². The van der Waals surface area contributed by atoms with Gasteiger partial charge in [-0.3, -0.25) is 4.79 Å². The number of likely N-dealkylation sites (tertiary alicyclic amines) is 1. The molecule has 98 valence electrons.